The molecule has 26 heavy (non-hydrogen) atoms. The highest BCUT2D eigenvalue weighted by Gasteiger charge is 2.19. The molecule has 3 nitrogen and oxygen atoms in total. The predicted octanol–water partition coefficient (Wildman–Crippen LogP) is 5.25. The van der Waals surface area contributed by atoms with Crippen molar-refractivity contribution in [3.8, 4) is 5.75 Å². The minimum absolute atomic E-state index is 0.0679. The molecule has 0 aliphatic heterocycles. The minimum atomic E-state index is -0.548. The third-order valence-corrected chi connectivity index (χ3v) is 4.64. The number of carbonyl (C=O) groups excluding carboxylic acids is 1. The Morgan fingerprint density at radius 2 is 1.62 bits per heavy atom. The lowest BCUT2D eigenvalue weighted by molar-refractivity contribution is -0.127. The molecule has 2 rings (SSSR count). The van der Waals surface area contributed by atoms with Crippen LogP contribution < -0.4 is 10.1 Å². The number of amides is 1. The molecule has 0 saturated carbocycles. The van der Waals surface area contributed by atoms with E-state index in [2.05, 4.69) is 56.4 Å². The lowest BCUT2D eigenvalue weighted by atomic mass is 9.86. The van der Waals surface area contributed by atoms with Gasteiger partial charge >= 0.3 is 0 Å². The summed E-state index contributed by atoms with van der Waals surface area (Å²) < 4.78 is 5.85. The van der Waals surface area contributed by atoms with E-state index in [4.69, 9.17) is 4.74 Å². The van der Waals surface area contributed by atoms with E-state index in [0.29, 0.717) is 0 Å². The van der Waals surface area contributed by atoms with Gasteiger partial charge in [0.05, 0.1) is 6.04 Å². The average molecular weight is 354 g/mol. The Morgan fingerprint density at radius 1 is 1.00 bits per heavy atom. The van der Waals surface area contributed by atoms with Crippen molar-refractivity contribution in [2.75, 3.05) is 0 Å². The molecule has 2 aromatic carbocycles. The second-order valence-corrected chi connectivity index (χ2v) is 8.13. The first kappa shape index (κ1) is 20.0. The maximum atomic E-state index is 12.5. The number of rotatable bonds is 5. The molecule has 0 radical (unpaired) electrons. The van der Waals surface area contributed by atoms with Gasteiger partial charge in [0.1, 0.15) is 5.75 Å². The second-order valence-electron chi connectivity index (χ2n) is 8.13. The van der Waals surface area contributed by atoms with Gasteiger partial charge in [0, 0.05) is 0 Å². The lowest BCUT2D eigenvalue weighted by Gasteiger charge is -2.22. The Morgan fingerprint density at radius 3 is 2.15 bits per heavy atom. The van der Waals surface area contributed by atoms with Crippen molar-refractivity contribution < 1.29 is 9.53 Å². The van der Waals surface area contributed by atoms with Gasteiger partial charge in [0.15, 0.2) is 6.10 Å². The summed E-state index contributed by atoms with van der Waals surface area (Å²) in [6.45, 7) is 14.4. The molecule has 0 fully saturated rings. The SMILES string of the molecule is Cc1ccc(OC(C)C(=O)NC(C)c2ccc(C(C)(C)C)cc2)c(C)c1. The molecule has 0 bridgehead atoms. The van der Waals surface area contributed by atoms with Gasteiger partial charge in [0.2, 0.25) is 0 Å². The van der Waals surface area contributed by atoms with Crippen LogP contribution in [-0.2, 0) is 10.2 Å². The number of benzene rings is 2. The molecule has 0 saturated heterocycles. The molecule has 1 N–H and O–H groups in total. The number of aryl methyl sites for hydroxylation is 2. The second kappa shape index (κ2) is 7.94. The first-order valence-electron chi connectivity index (χ1n) is 9.22. The van der Waals surface area contributed by atoms with Crippen LogP contribution in [0.1, 0.15) is 62.9 Å². The molecule has 140 valence electrons. The van der Waals surface area contributed by atoms with Crippen molar-refractivity contribution in [1.82, 2.24) is 5.32 Å². The molecule has 3 heteroatoms. The third kappa shape index (κ3) is 5.10. The van der Waals surface area contributed by atoms with Gasteiger partial charge < -0.3 is 10.1 Å². The average Bonchev–Trinajstić information content (AvgIpc) is 2.56. The Hall–Kier alpha value is -2.29. The van der Waals surface area contributed by atoms with Gasteiger partial charge in [-0.15, -0.1) is 0 Å². The summed E-state index contributed by atoms with van der Waals surface area (Å²) in [7, 11) is 0. The summed E-state index contributed by atoms with van der Waals surface area (Å²) in [6, 6.07) is 14.3. The van der Waals surface area contributed by atoms with E-state index in [1.807, 2.05) is 32.9 Å². The molecule has 2 unspecified atom stereocenters. The van der Waals surface area contributed by atoms with Crippen LogP contribution in [0, 0.1) is 13.8 Å². The van der Waals surface area contributed by atoms with E-state index < -0.39 is 6.10 Å². The fourth-order valence-electron chi connectivity index (χ4n) is 2.86. The molecule has 0 spiro atoms. The summed E-state index contributed by atoms with van der Waals surface area (Å²) in [5, 5.41) is 3.04. The zero-order valence-electron chi connectivity index (χ0n) is 17.0. The first-order valence-corrected chi connectivity index (χ1v) is 9.22. The Bertz CT molecular complexity index is 757. The highest BCUT2D eigenvalue weighted by atomic mass is 16.5. The van der Waals surface area contributed by atoms with Crippen molar-refractivity contribution in [3.63, 3.8) is 0 Å². The fourth-order valence-corrected chi connectivity index (χ4v) is 2.86. The Balaban J connectivity index is 1.99. The van der Waals surface area contributed by atoms with Crippen LogP contribution in [0.2, 0.25) is 0 Å². The molecule has 1 amide bonds. The standard InChI is InChI=1S/C23H31NO2/c1-15-8-13-21(16(2)14-15)26-18(4)22(25)24-17(3)19-9-11-20(12-10-19)23(5,6)7/h8-14,17-18H,1-7H3,(H,24,25). The highest BCUT2D eigenvalue weighted by molar-refractivity contribution is 5.81. The molecule has 0 heterocycles. The third-order valence-electron chi connectivity index (χ3n) is 4.64. The van der Waals surface area contributed by atoms with Crippen molar-refractivity contribution in [2.24, 2.45) is 0 Å². The maximum absolute atomic E-state index is 12.5. The quantitative estimate of drug-likeness (QED) is 0.798. The van der Waals surface area contributed by atoms with Crippen LogP contribution in [0.25, 0.3) is 0 Å². The zero-order chi connectivity index (χ0) is 19.5. The fraction of sp³-hybridized carbons (Fsp3) is 0.435. The maximum Gasteiger partial charge on any atom is 0.261 e. The van der Waals surface area contributed by atoms with E-state index in [1.165, 1.54) is 11.1 Å². The first-order chi connectivity index (χ1) is 12.1. The number of nitrogens with one attached hydrogen (secondary N) is 1. The summed E-state index contributed by atoms with van der Waals surface area (Å²) >= 11 is 0. The number of hydrogen-bond donors (Lipinski definition) is 1. The smallest absolute Gasteiger partial charge is 0.261 e. The van der Waals surface area contributed by atoms with Crippen molar-refractivity contribution in [3.05, 3.63) is 64.7 Å². The lowest BCUT2D eigenvalue weighted by Crippen LogP contribution is -2.37. The number of hydrogen-bond acceptors (Lipinski definition) is 2. The number of carbonyl (C=O) groups is 1. The van der Waals surface area contributed by atoms with Crippen molar-refractivity contribution in [1.29, 1.82) is 0 Å². The highest BCUT2D eigenvalue weighted by Crippen LogP contribution is 2.24. The van der Waals surface area contributed by atoms with E-state index in [-0.39, 0.29) is 17.4 Å². The van der Waals surface area contributed by atoms with Crippen LogP contribution in [0.5, 0.6) is 5.75 Å². The molecule has 0 aromatic heterocycles. The van der Waals surface area contributed by atoms with E-state index in [0.717, 1.165) is 16.9 Å². The molecule has 0 aliphatic carbocycles. The van der Waals surface area contributed by atoms with Crippen LogP contribution >= 0.6 is 0 Å². The van der Waals surface area contributed by atoms with Gasteiger partial charge in [-0.3, -0.25) is 4.79 Å². The van der Waals surface area contributed by atoms with Crippen molar-refractivity contribution >= 4 is 5.91 Å². The summed E-state index contributed by atoms with van der Waals surface area (Å²) in [4.78, 5) is 12.5. The molecular weight excluding hydrogens is 322 g/mol. The Labute approximate surface area is 157 Å². The van der Waals surface area contributed by atoms with Gasteiger partial charge in [-0.05, 0) is 55.9 Å². The van der Waals surface area contributed by atoms with Crippen LogP contribution in [-0.4, -0.2) is 12.0 Å². The molecule has 0 aliphatic rings. The largest absolute Gasteiger partial charge is 0.481 e. The van der Waals surface area contributed by atoms with Crippen LogP contribution in [0.15, 0.2) is 42.5 Å². The topological polar surface area (TPSA) is 38.3 Å². The zero-order valence-corrected chi connectivity index (χ0v) is 17.0. The van der Waals surface area contributed by atoms with Gasteiger partial charge in [0.25, 0.3) is 5.91 Å². The van der Waals surface area contributed by atoms with Gasteiger partial charge in [-0.2, -0.15) is 0 Å². The van der Waals surface area contributed by atoms with Gasteiger partial charge in [-0.1, -0.05) is 62.7 Å². The Kier molecular flexibility index (Phi) is 6.12. The molecular formula is C23H31NO2. The van der Waals surface area contributed by atoms with E-state index >= 15 is 0 Å². The van der Waals surface area contributed by atoms with Crippen LogP contribution in [0.4, 0.5) is 0 Å². The number of ether oxygens (including phenoxy) is 1. The monoisotopic (exact) mass is 353 g/mol. The van der Waals surface area contributed by atoms with Crippen LogP contribution in [0.3, 0.4) is 0 Å². The summed E-state index contributed by atoms with van der Waals surface area (Å²) in [5.41, 5.74) is 4.71. The summed E-state index contributed by atoms with van der Waals surface area (Å²) in [5.74, 6) is 0.637. The predicted molar refractivity (Wildman–Crippen MR) is 108 cm³/mol. The molecule has 2 atom stereocenters. The van der Waals surface area contributed by atoms with E-state index in [1.54, 1.807) is 6.92 Å². The van der Waals surface area contributed by atoms with E-state index in [9.17, 15) is 4.79 Å². The molecule has 2 aromatic rings. The van der Waals surface area contributed by atoms with Gasteiger partial charge in [-0.25, -0.2) is 0 Å². The van der Waals surface area contributed by atoms with Crippen molar-refractivity contribution in [2.45, 2.75) is 66.0 Å². The summed E-state index contributed by atoms with van der Waals surface area (Å²) in [6.07, 6.45) is -0.548. The minimum Gasteiger partial charge on any atom is -0.481 e. The normalized spacial score (nSPS) is 13.8.